The van der Waals surface area contributed by atoms with Crippen molar-refractivity contribution >= 4 is 44.2 Å². The van der Waals surface area contributed by atoms with Crippen LogP contribution in [0.2, 0.25) is 5.02 Å². The zero-order chi connectivity index (χ0) is 20.2. The normalized spacial score (nSPS) is 15.1. The predicted octanol–water partition coefficient (Wildman–Crippen LogP) is 2.61. The monoisotopic (exact) mass is 434 g/mol. The number of nitrogens with zero attached hydrogens (tertiary/aromatic N) is 6. The number of morpholine rings is 1. The van der Waals surface area contributed by atoms with Crippen molar-refractivity contribution in [2.45, 2.75) is 19.9 Å². The minimum atomic E-state index is -0.0553. The van der Waals surface area contributed by atoms with Gasteiger partial charge in [-0.1, -0.05) is 22.9 Å². The first-order valence-electron chi connectivity index (χ1n) is 9.60. The second-order valence-electron chi connectivity index (χ2n) is 7.01. The highest BCUT2D eigenvalue weighted by Crippen LogP contribution is 2.33. The summed E-state index contributed by atoms with van der Waals surface area (Å²) in [6, 6.07) is 3.80. The molecular formula is C19H23ClN6O2S. The van der Waals surface area contributed by atoms with Gasteiger partial charge in [0, 0.05) is 31.2 Å². The van der Waals surface area contributed by atoms with Gasteiger partial charge in [0.05, 0.1) is 23.4 Å². The number of halogens is 1. The Morgan fingerprint density at radius 2 is 2.17 bits per heavy atom. The van der Waals surface area contributed by atoms with E-state index >= 15 is 0 Å². The van der Waals surface area contributed by atoms with Crippen molar-refractivity contribution in [1.29, 1.82) is 0 Å². The molecule has 2 aromatic heterocycles. The van der Waals surface area contributed by atoms with Gasteiger partial charge in [0.15, 0.2) is 5.13 Å². The number of thiazole rings is 1. The summed E-state index contributed by atoms with van der Waals surface area (Å²) in [5.74, 6) is -0.0553. The molecule has 0 radical (unpaired) electrons. The summed E-state index contributed by atoms with van der Waals surface area (Å²) < 4.78 is 7.92. The lowest BCUT2D eigenvalue weighted by atomic mass is 10.2. The van der Waals surface area contributed by atoms with Gasteiger partial charge in [-0.15, -0.1) is 0 Å². The molecule has 1 saturated heterocycles. The van der Waals surface area contributed by atoms with E-state index in [2.05, 4.69) is 15.0 Å². The summed E-state index contributed by atoms with van der Waals surface area (Å²) in [5, 5.41) is 5.43. The molecule has 4 rings (SSSR count). The van der Waals surface area contributed by atoms with Crippen molar-refractivity contribution in [1.82, 2.24) is 24.6 Å². The molecule has 1 aliphatic rings. The molecule has 1 aliphatic heterocycles. The fourth-order valence-electron chi connectivity index (χ4n) is 3.40. The van der Waals surface area contributed by atoms with Crippen molar-refractivity contribution in [2.24, 2.45) is 0 Å². The molecule has 0 saturated carbocycles. The minimum absolute atomic E-state index is 0.0553. The summed E-state index contributed by atoms with van der Waals surface area (Å²) in [6.45, 7) is 7.05. The molecule has 0 unspecified atom stereocenters. The molecule has 3 aromatic rings. The maximum absolute atomic E-state index is 13.1. The van der Waals surface area contributed by atoms with Crippen molar-refractivity contribution in [3.63, 3.8) is 0 Å². The third-order valence-corrected chi connectivity index (χ3v) is 6.14. The molecule has 1 fully saturated rings. The van der Waals surface area contributed by atoms with E-state index in [1.165, 1.54) is 22.3 Å². The first-order chi connectivity index (χ1) is 14.1. The molecule has 29 heavy (non-hydrogen) atoms. The Morgan fingerprint density at radius 1 is 1.34 bits per heavy atom. The van der Waals surface area contributed by atoms with E-state index in [-0.39, 0.29) is 12.5 Å². The van der Waals surface area contributed by atoms with Gasteiger partial charge in [-0.3, -0.25) is 14.6 Å². The topological polar surface area (TPSA) is 76.4 Å². The Balaban J connectivity index is 1.53. The van der Waals surface area contributed by atoms with Crippen LogP contribution in [0, 0.1) is 6.92 Å². The lowest BCUT2D eigenvalue weighted by Crippen LogP contribution is -2.40. The molecule has 0 bridgehead atoms. The van der Waals surface area contributed by atoms with Crippen LogP contribution in [0.1, 0.15) is 12.0 Å². The van der Waals surface area contributed by atoms with E-state index in [0.717, 1.165) is 55.0 Å². The molecule has 10 heteroatoms. The molecular weight excluding hydrogens is 412 g/mol. The third kappa shape index (κ3) is 4.92. The average molecular weight is 435 g/mol. The second-order valence-corrected chi connectivity index (χ2v) is 8.46. The fraction of sp³-hybridized carbons (Fsp3) is 0.474. The summed E-state index contributed by atoms with van der Waals surface area (Å²) in [4.78, 5) is 25.9. The quantitative estimate of drug-likeness (QED) is 0.569. The second kappa shape index (κ2) is 9.17. The molecule has 0 N–H and O–H groups in total. The molecule has 0 spiro atoms. The maximum atomic E-state index is 13.1. The number of carbonyl (C=O) groups excluding carboxylic acids is 1. The third-order valence-electron chi connectivity index (χ3n) is 4.89. The Morgan fingerprint density at radius 3 is 2.93 bits per heavy atom. The van der Waals surface area contributed by atoms with Gasteiger partial charge in [-0.2, -0.15) is 5.10 Å². The number of carbonyl (C=O) groups is 1. The first kappa shape index (κ1) is 20.2. The number of fused-ring (bicyclic) bond motifs is 1. The van der Waals surface area contributed by atoms with Crippen LogP contribution in [-0.4, -0.2) is 69.9 Å². The number of rotatable bonds is 7. The molecule has 3 heterocycles. The standard InChI is InChI=1S/C19H23ClN6O2S/c1-14-9-15(20)10-16-18(14)23-19(29-16)26(17(27)11-25-13-21-12-22-25)4-2-3-24-5-7-28-8-6-24/h9-10,12-13H,2-8,11H2,1H3. The molecule has 154 valence electrons. The van der Waals surface area contributed by atoms with E-state index in [1.807, 2.05) is 19.1 Å². The zero-order valence-electron chi connectivity index (χ0n) is 16.3. The summed E-state index contributed by atoms with van der Waals surface area (Å²) in [7, 11) is 0. The smallest absolute Gasteiger partial charge is 0.250 e. The van der Waals surface area contributed by atoms with Gasteiger partial charge < -0.3 is 4.74 Å². The van der Waals surface area contributed by atoms with Crippen LogP contribution in [0.25, 0.3) is 10.2 Å². The molecule has 1 aromatic carbocycles. The maximum Gasteiger partial charge on any atom is 0.250 e. The minimum Gasteiger partial charge on any atom is -0.379 e. The van der Waals surface area contributed by atoms with Crippen LogP contribution in [0.15, 0.2) is 24.8 Å². The summed E-state index contributed by atoms with van der Waals surface area (Å²) in [5.41, 5.74) is 1.90. The summed E-state index contributed by atoms with van der Waals surface area (Å²) >= 11 is 7.70. The predicted molar refractivity (Wildman–Crippen MR) is 114 cm³/mol. The van der Waals surface area contributed by atoms with Gasteiger partial charge >= 0.3 is 0 Å². The highest BCUT2D eigenvalue weighted by molar-refractivity contribution is 7.22. The number of amides is 1. The number of aromatic nitrogens is 4. The Bertz CT molecular complexity index is 971. The van der Waals surface area contributed by atoms with E-state index in [4.69, 9.17) is 21.3 Å². The number of benzene rings is 1. The van der Waals surface area contributed by atoms with Crippen molar-refractivity contribution < 1.29 is 9.53 Å². The lowest BCUT2D eigenvalue weighted by molar-refractivity contribution is -0.119. The molecule has 8 nitrogen and oxygen atoms in total. The van der Waals surface area contributed by atoms with Gasteiger partial charge in [-0.05, 0) is 31.0 Å². The number of anilines is 1. The average Bonchev–Trinajstić information content (AvgIpc) is 3.36. The Hall–Kier alpha value is -2.07. The number of ether oxygens (including phenoxy) is 1. The Kier molecular flexibility index (Phi) is 6.39. The van der Waals surface area contributed by atoms with Crippen molar-refractivity contribution in [3.05, 3.63) is 35.4 Å². The number of hydrogen-bond acceptors (Lipinski definition) is 7. The van der Waals surface area contributed by atoms with Crippen molar-refractivity contribution in [3.8, 4) is 0 Å². The van der Waals surface area contributed by atoms with Gasteiger partial charge in [0.1, 0.15) is 19.2 Å². The highest BCUT2D eigenvalue weighted by Gasteiger charge is 2.21. The van der Waals surface area contributed by atoms with E-state index in [1.54, 1.807) is 11.2 Å². The van der Waals surface area contributed by atoms with Crippen LogP contribution in [-0.2, 0) is 16.1 Å². The van der Waals surface area contributed by atoms with Crippen LogP contribution in [0.4, 0.5) is 5.13 Å². The lowest BCUT2D eigenvalue weighted by Gasteiger charge is -2.27. The van der Waals surface area contributed by atoms with E-state index in [0.29, 0.717) is 16.7 Å². The SMILES string of the molecule is Cc1cc(Cl)cc2sc(N(CCCN3CCOCC3)C(=O)Cn3cncn3)nc12. The van der Waals surface area contributed by atoms with Crippen LogP contribution < -0.4 is 4.90 Å². The van der Waals surface area contributed by atoms with Gasteiger partial charge in [0.2, 0.25) is 0 Å². The Labute approximate surface area is 178 Å². The van der Waals surface area contributed by atoms with Crippen LogP contribution >= 0.6 is 22.9 Å². The molecule has 0 atom stereocenters. The summed E-state index contributed by atoms with van der Waals surface area (Å²) in [6.07, 6.45) is 3.84. The largest absolute Gasteiger partial charge is 0.379 e. The number of aryl methyl sites for hydroxylation is 1. The highest BCUT2D eigenvalue weighted by atomic mass is 35.5. The van der Waals surface area contributed by atoms with Gasteiger partial charge in [0.25, 0.3) is 5.91 Å². The van der Waals surface area contributed by atoms with E-state index in [9.17, 15) is 4.79 Å². The van der Waals surface area contributed by atoms with E-state index < -0.39 is 0 Å². The first-order valence-corrected chi connectivity index (χ1v) is 10.8. The van der Waals surface area contributed by atoms with Crippen LogP contribution in [0.5, 0.6) is 0 Å². The van der Waals surface area contributed by atoms with Gasteiger partial charge in [-0.25, -0.2) is 14.6 Å². The number of hydrogen-bond donors (Lipinski definition) is 0. The molecule has 1 amide bonds. The van der Waals surface area contributed by atoms with Crippen molar-refractivity contribution in [2.75, 3.05) is 44.3 Å². The fourth-order valence-corrected chi connectivity index (χ4v) is 4.86. The molecule has 0 aliphatic carbocycles. The zero-order valence-corrected chi connectivity index (χ0v) is 17.8. The van der Waals surface area contributed by atoms with Crippen LogP contribution in [0.3, 0.4) is 0 Å².